The van der Waals surface area contributed by atoms with Gasteiger partial charge in [0.25, 0.3) is 11.6 Å². The fourth-order valence-electron chi connectivity index (χ4n) is 1.71. The number of carbonyl (C=O) groups excluding carboxylic acids is 2. The Balaban J connectivity index is 2.22. The Morgan fingerprint density at radius 1 is 1.38 bits per heavy atom. The lowest BCUT2D eigenvalue weighted by Gasteiger charge is -2.01. The van der Waals surface area contributed by atoms with Gasteiger partial charge in [0.05, 0.1) is 15.5 Å². The first-order valence-electron chi connectivity index (χ1n) is 5.92. The number of anilines is 1. The van der Waals surface area contributed by atoms with Crippen LogP contribution in [0.15, 0.2) is 24.3 Å². The van der Waals surface area contributed by atoms with Crippen LogP contribution in [0.2, 0.25) is 0 Å². The molecule has 8 heteroatoms. The minimum atomic E-state index is -0.571. The van der Waals surface area contributed by atoms with Crippen molar-refractivity contribution in [2.75, 3.05) is 5.32 Å². The van der Waals surface area contributed by atoms with E-state index in [1.807, 2.05) is 0 Å². The molecule has 1 amide bonds. The number of nitro groups is 1. The predicted octanol–water partition coefficient (Wildman–Crippen LogP) is 2.81. The van der Waals surface area contributed by atoms with Crippen LogP contribution in [0.1, 0.15) is 32.6 Å². The fraction of sp³-hybridized carbons (Fsp3) is 0.154. The minimum Gasteiger partial charge on any atom is -0.298 e. The summed E-state index contributed by atoms with van der Waals surface area (Å²) in [5.41, 5.74) is 0.533. The lowest BCUT2D eigenvalue weighted by atomic mass is 10.2. The van der Waals surface area contributed by atoms with Crippen LogP contribution in [-0.4, -0.2) is 21.6 Å². The molecular formula is C13H11N3O4S. The van der Waals surface area contributed by atoms with Gasteiger partial charge in [-0.2, -0.15) is 0 Å². The van der Waals surface area contributed by atoms with Crippen molar-refractivity contribution in [2.45, 2.75) is 13.8 Å². The summed E-state index contributed by atoms with van der Waals surface area (Å²) in [7, 11) is 0. The highest BCUT2D eigenvalue weighted by molar-refractivity contribution is 7.17. The first kappa shape index (κ1) is 14.8. The Bertz CT molecular complexity index is 739. The summed E-state index contributed by atoms with van der Waals surface area (Å²) in [5, 5.41) is 13.5. The normalized spacial score (nSPS) is 10.2. The van der Waals surface area contributed by atoms with Crippen LogP contribution in [-0.2, 0) is 0 Å². The number of non-ortho nitro benzene ring substituents is 1. The number of rotatable bonds is 4. The molecule has 0 aliphatic rings. The molecule has 0 fully saturated rings. The molecule has 1 heterocycles. The van der Waals surface area contributed by atoms with Gasteiger partial charge < -0.3 is 0 Å². The molecule has 2 rings (SSSR count). The number of ketones is 1. The average Bonchev–Trinajstić information content (AvgIpc) is 2.79. The number of Topliss-reactive ketones (excluding diaryl/α,β-unsaturated/α-hetero) is 1. The molecular weight excluding hydrogens is 294 g/mol. The van der Waals surface area contributed by atoms with Crippen LogP contribution in [0, 0.1) is 17.0 Å². The Kier molecular flexibility index (Phi) is 4.08. The van der Waals surface area contributed by atoms with Crippen LogP contribution >= 0.6 is 11.3 Å². The third-order valence-corrected chi connectivity index (χ3v) is 3.83. The molecule has 0 saturated heterocycles. The summed E-state index contributed by atoms with van der Waals surface area (Å²) in [6.07, 6.45) is 0. The molecule has 1 aromatic heterocycles. The highest BCUT2D eigenvalue weighted by Crippen LogP contribution is 2.23. The number of nitrogens with one attached hydrogen (secondary N) is 1. The predicted molar refractivity (Wildman–Crippen MR) is 77.9 cm³/mol. The maximum absolute atomic E-state index is 12.0. The molecule has 1 N–H and O–H groups in total. The van der Waals surface area contributed by atoms with Gasteiger partial charge in [-0.1, -0.05) is 17.4 Å². The van der Waals surface area contributed by atoms with Crippen molar-refractivity contribution < 1.29 is 14.5 Å². The van der Waals surface area contributed by atoms with E-state index in [2.05, 4.69) is 10.3 Å². The fourth-order valence-corrected chi connectivity index (χ4v) is 2.56. The number of thiazole rings is 1. The van der Waals surface area contributed by atoms with E-state index < -0.39 is 10.8 Å². The van der Waals surface area contributed by atoms with Crippen molar-refractivity contribution >= 4 is 33.8 Å². The topological polar surface area (TPSA) is 102 Å². The van der Waals surface area contributed by atoms with Crippen molar-refractivity contribution in [3.8, 4) is 0 Å². The third kappa shape index (κ3) is 3.29. The first-order valence-corrected chi connectivity index (χ1v) is 6.74. The van der Waals surface area contributed by atoms with Crippen LogP contribution in [0.4, 0.5) is 10.8 Å². The monoisotopic (exact) mass is 305 g/mol. The zero-order valence-electron chi connectivity index (χ0n) is 11.2. The molecule has 0 aliphatic heterocycles. The van der Waals surface area contributed by atoms with Gasteiger partial charge in [-0.05, 0) is 13.0 Å². The van der Waals surface area contributed by atoms with Crippen molar-refractivity contribution in [1.29, 1.82) is 0 Å². The number of nitrogens with zero attached hydrogens (tertiary/aromatic N) is 2. The lowest BCUT2D eigenvalue weighted by Crippen LogP contribution is -2.11. The number of hydrogen-bond acceptors (Lipinski definition) is 6. The van der Waals surface area contributed by atoms with Crippen LogP contribution in [0.5, 0.6) is 0 Å². The van der Waals surface area contributed by atoms with E-state index in [0.717, 1.165) is 11.3 Å². The number of hydrogen-bond donors (Lipinski definition) is 1. The lowest BCUT2D eigenvalue weighted by molar-refractivity contribution is -0.384. The summed E-state index contributed by atoms with van der Waals surface area (Å²) in [6, 6.07) is 5.38. The van der Waals surface area contributed by atoms with E-state index in [1.54, 1.807) is 6.92 Å². The van der Waals surface area contributed by atoms with Gasteiger partial charge >= 0.3 is 0 Å². The van der Waals surface area contributed by atoms with Crippen molar-refractivity contribution in [2.24, 2.45) is 0 Å². The first-order chi connectivity index (χ1) is 9.88. The SMILES string of the molecule is CC(=O)c1sc(NC(=O)c2cccc([N+](=O)[O-])c2)nc1C. The highest BCUT2D eigenvalue weighted by atomic mass is 32.1. The number of amides is 1. The van der Waals surface area contributed by atoms with Crippen LogP contribution in [0.3, 0.4) is 0 Å². The second kappa shape index (κ2) is 5.80. The molecule has 0 radical (unpaired) electrons. The van der Waals surface area contributed by atoms with Crippen LogP contribution < -0.4 is 5.32 Å². The Labute approximate surface area is 123 Å². The van der Waals surface area contributed by atoms with E-state index in [4.69, 9.17) is 0 Å². The Morgan fingerprint density at radius 2 is 2.10 bits per heavy atom. The number of nitro benzene ring substituents is 1. The molecule has 0 spiro atoms. The summed E-state index contributed by atoms with van der Waals surface area (Å²) < 4.78 is 0. The maximum atomic E-state index is 12.0. The summed E-state index contributed by atoms with van der Waals surface area (Å²) in [4.78, 5) is 38.0. The standard InChI is InChI=1S/C13H11N3O4S/c1-7-11(8(2)17)21-13(14-7)15-12(18)9-4-3-5-10(6-9)16(19)20/h3-6H,1-2H3,(H,14,15,18). The average molecular weight is 305 g/mol. The third-order valence-electron chi connectivity index (χ3n) is 2.66. The van der Waals surface area contributed by atoms with Gasteiger partial charge in [0.15, 0.2) is 10.9 Å². The quantitative estimate of drug-likeness (QED) is 0.531. The van der Waals surface area contributed by atoms with E-state index in [9.17, 15) is 19.7 Å². The molecule has 0 aliphatic carbocycles. The van der Waals surface area contributed by atoms with Crippen molar-refractivity contribution in [3.63, 3.8) is 0 Å². The number of aryl methyl sites for hydroxylation is 1. The minimum absolute atomic E-state index is 0.124. The Morgan fingerprint density at radius 3 is 2.67 bits per heavy atom. The summed E-state index contributed by atoms with van der Waals surface area (Å²) in [6.45, 7) is 3.10. The van der Waals surface area contributed by atoms with Gasteiger partial charge in [0, 0.05) is 24.6 Å². The van der Waals surface area contributed by atoms with E-state index in [-0.39, 0.29) is 22.2 Å². The maximum Gasteiger partial charge on any atom is 0.270 e. The van der Waals surface area contributed by atoms with Gasteiger partial charge in [-0.25, -0.2) is 4.98 Å². The van der Waals surface area contributed by atoms with Gasteiger partial charge in [0.1, 0.15) is 0 Å². The second-order valence-corrected chi connectivity index (χ2v) is 5.25. The molecule has 1 aromatic carbocycles. The van der Waals surface area contributed by atoms with Gasteiger partial charge in [-0.15, -0.1) is 0 Å². The summed E-state index contributed by atoms with van der Waals surface area (Å²) in [5.74, 6) is -0.636. The van der Waals surface area contributed by atoms with E-state index >= 15 is 0 Å². The molecule has 0 bridgehead atoms. The molecule has 108 valence electrons. The molecule has 21 heavy (non-hydrogen) atoms. The molecule has 0 atom stereocenters. The molecule has 2 aromatic rings. The molecule has 0 saturated carbocycles. The van der Waals surface area contributed by atoms with Crippen molar-refractivity contribution in [3.05, 3.63) is 50.5 Å². The van der Waals surface area contributed by atoms with E-state index in [0.29, 0.717) is 10.6 Å². The number of benzene rings is 1. The zero-order chi connectivity index (χ0) is 15.6. The van der Waals surface area contributed by atoms with Gasteiger partial charge in [-0.3, -0.25) is 25.0 Å². The van der Waals surface area contributed by atoms with Crippen molar-refractivity contribution in [1.82, 2.24) is 4.98 Å². The van der Waals surface area contributed by atoms with Crippen LogP contribution in [0.25, 0.3) is 0 Å². The highest BCUT2D eigenvalue weighted by Gasteiger charge is 2.16. The second-order valence-electron chi connectivity index (χ2n) is 4.25. The largest absolute Gasteiger partial charge is 0.298 e. The van der Waals surface area contributed by atoms with Gasteiger partial charge in [0.2, 0.25) is 0 Å². The molecule has 7 nitrogen and oxygen atoms in total. The Hall–Kier alpha value is -2.61. The summed E-state index contributed by atoms with van der Waals surface area (Å²) >= 11 is 1.07. The molecule has 0 unspecified atom stereocenters. The van der Waals surface area contributed by atoms with E-state index in [1.165, 1.54) is 31.2 Å². The number of aromatic nitrogens is 1. The smallest absolute Gasteiger partial charge is 0.270 e. The number of carbonyl (C=O) groups is 2. The zero-order valence-corrected chi connectivity index (χ0v) is 12.1.